The fourth-order valence-corrected chi connectivity index (χ4v) is 2.95. The van der Waals surface area contributed by atoms with Crippen molar-refractivity contribution >= 4 is 11.5 Å². The van der Waals surface area contributed by atoms with E-state index in [4.69, 9.17) is 0 Å². The predicted molar refractivity (Wildman–Crippen MR) is 97.7 cm³/mol. The maximum absolute atomic E-state index is 13.0. The van der Waals surface area contributed by atoms with Crippen LogP contribution in [0.2, 0.25) is 0 Å². The summed E-state index contributed by atoms with van der Waals surface area (Å²) in [4.78, 5) is 25.4. The molecule has 0 amide bonds. The van der Waals surface area contributed by atoms with Gasteiger partial charge < -0.3 is 9.88 Å². The molecule has 0 radical (unpaired) electrons. The molecule has 0 atom stereocenters. The highest BCUT2D eigenvalue weighted by molar-refractivity contribution is 6.01. The van der Waals surface area contributed by atoms with Crippen LogP contribution in [-0.4, -0.2) is 16.9 Å². The lowest BCUT2D eigenvalue weighted by Gasteiger charge is -2.21. The van der Waals surface area contributed by atoms with Crippen molar-refractivity contribution in [3.8, 4) is 0 Å². The van der Waals surface area contributed by atoms with Gasteiger partial charge in [0, 0.05) is 25.2 Å². The molecule has 0 unspecified atom stereocenters. The van der Waals surface area contributed by atoms with Gasteiger partial charge in [-0.05, 0) is 31.7 Å². The zero-order valence-electron chi connectivity index (χ0n) is 15.4. The Hall–Kier alpha value is -1.58. The van der Waals surface area contributed by atoms with E-state index in [1.165, 1.54) is 0 Å². The summed E-state index contributed by atoms with van der Waals surface area (Å²) >= 11 is 0. The molecular weight excluding hydrogens is 288 g/mol. The molecule has 0 bridgehead atoms. The second-order valence-electron chi connectivity index (χ2n) is 6.04. The normalized spacial score (nSPS) is 10.8. The minimum Gasteiger partial charge on any atom is -0.384 e. The number of carbonyl (C=O) groups is 1. The van der Waals surface area contributed by atoms with E-state index in [1.807, 2.05) is 18.4 Å². The summed E-state index contributed by atoms with van der Waals surface area (Å²) in [7, 11) is 0. The second-order valence-corrected chi connectivity index (χ2v) is 6.04. The molecule has 23 heavy (non-hydrogen) atoms. The van der Waals surface area contributed by atoms with Crippen LogP contribution in [0.5, 0.6) is 0 Å². The lowest BCUT2D eigenvalue weighted by Crippen LogP contribution is -2.32. The molecule has 1 aromatic rings. The van der Waals surface area contributed by atoms with Crippen molar-refractivity contribution in [2.24, 2.45) is 0 Å². The van der Waals surface area contributed by atoms with Crippen molar-refractivity contribution in [3.05, 3.63) is 27.2 Å². The maximum Gasteiger partial charge on any atom is 0.263 e. The fourth-order valence-electron chi connectivity index (χ4n) is 2.95. The molecule has 0 fully saturated rings. The van der Waals surface area contributed by atoms with E-state index in [-0.39, 0.29) is 11.3 Å². The first-order valence-corrected chi connectivity index (χ1v) is 9.06. The molecule has 0 aliphatic rings. The molecule has 1 aromatic heterocycles. The zero-order valence-corrected chi connectivity index (χ0v) is 15.4. The third-order valence-corrected chi connectivity index (χ3v) is 4.34. The Morgan fingerprint density at radius 1 is 1.09 bits per heavy atom. The molecule has 4 nitrogen and oxygen atoms in total. The minimum absolute atomic E-state index is 0.0648. The van der Waals surface area contributed by atoms with E-state index in [0.29, 0.717) is 18.5 Å². The smallest absolute Gasteiger partial charge is 0.263 e. The number of ketones is 1. The van der Waals surface area contributed by atoms with Crippen molar-refractivity contribution in [3.63, 3.8) is 0 Å². The lowest BCUT2D eigenvalue weighted by molar-refractivity contribution is 0.0986. The van der Waals surface area contributed by atoms with Gasteiger partial charge in [-0.15, -0.1) is 0 Å². The molecule has 0 saturated carbocycles. The lowest BCUT2D eigenvalue weighted by atomic mass is 10.0. The Morgan fingerprint density at radius 3 is 2.26 bits per heavy atom. The van der Waals surface area contributed by atoms with Gasteiger partial charge in [0.25, 0.3) is 5.56 Å². The highest BCUT2D eigenvalue weighted by Gasteiger charge is 2.22. The predicted octanol–water partition coefficient (Wildman–Crippen LogP) is 4.32. The van der Waals surface area contributed by atoms with Crippen LogP contribution in [0.15, 0.2) is 4.79 Å². The van der Waals surface area contributed by atoms with Crippen molar-refractivity contribution in [1.29, 1.82) is 0 Å². The highest BCUT2D eigenvalue weighted by Crippen LogP contribution is 2.24. The van der Waals surface area contributed by atoms with Gasteiger partial charge in [-0.3, -0.25) is 9.59 Å². The van der Waals surface area contributed by atoms with Crippen LogP contribution in [0.1, 0.15) is 81.4 Å². The van der Waals surface area contributed by atoms with Crippen molar-refractivity contribution in [1.82, 2.24) is 4.57 Å². The Bertz CT molecular complexity index is 588. The first-order chi connectivity index (χ1) is 11.0. The van der Waals surface area contributed by atoms with Crippen LogP contribution >= 0.6 is 0 Å². The SMILES string of the molecule is CCCCNc1c(C)c(CC)n(CCCC)c(=O)c1C(=O)CC. The quantitative estimate of drug-likeness (QED) is 0.516. The third kappa shape index (κ3) is 4.46. The first kappa shape index (κ1) is 19.5. The topological polar surface area (TPSA) is 51.1 Å². The number of unbranched alkanes of at least 4 members (excludes halogenated alkanes) is 2. The van der Waals surface area contributed by atoms with Crippen LogP contribution in [0.3, 0.4) is 0 Å². The number of hydrogen-bond donors (Lipinski definition) is 1. The van der Waals surface area contributed by atoms with E-state index in [2.05, 4.69) is 26.1 Å². The summed E-state index contributed by atoms with van der Waals surface area (Å²) in [6.07, 6.45) is 5.25. The van der Waals surface area contributed by atoms with Crippen molar-refractivity contribution < 1.29 is 4.79 Å². The van der Waals surface area contributed by atoms with E-state index in [9.17, 15) is 9.59 Å². The summed E-state index contributed by atoms with van der Waals surface area (Å²) in [6, 6.07) is 0. The first-order valence-electron chi connectivity index (χ1n) is 9.06. The van der Waals surface area contributed by atoms with Crippen molar-refractivity contribution in [2.75, 3.05) is 11.9 Å². The van der Waals surface area contributed by atoms with Crippen LogP contribution in [0, 0.1) is 6.92 Å². The molecular formula is C19H32N2O2. The molecule has 0 spiro atoms. The van der Waals surface area contributed by atoms with Gasteiger partial charge in [0.15, 0.2) is 5.78 Å². The number of Topliss-reactive ketones (excluding diaryl/α,β-unsaturated/α-hetero) is 1. The van der Waals surface area contributed by atoms with Crippen LogP contribution < -0.4 is 10.9 Å². The highest BCUT2D eigenvalue weighted by atomic mass is 16.1. The van der Waals surface area contributed by atoms with Gasteiger partial charge in [0.1, 0.15) is 5.56 Å². The van der Waals surface area contributed by atoms with Gasteiger partial charge >= 0.3 is 0 Å². The van der Waals surface area contributed by atoms with Gasteiger partial charge in [-0.25, -0.2) is 0 Å². The van der Waals surface area contributed by atoms with Gasteiger partial charge in [0.05, 0.1) is 5.69 Å². The van der Waals surface area contributed by atoms with E-state index < -0.39 is 0 Å². The monoisotopic (exact) mass is 320 g/mol. The fraction of sp³-hybridized carbons (Fsp3) is 0.684. The number of carbonyl (C=O) groups excluding carboxylic acids is 1. The molecule has 0 aliphatic heterocycles. The molecule has 1 N–H and O–H groups in total. The number of nitrogens with zero attached hydrogens (tertiary/aromatic N) is 1. The third-order valence-electron chi connectivity index (χ3n) is 4.34. The van der Waals surface area contributed by atoms with Crippen LogP contribution in [0.25, 0.3) is 0 Å². The number of nitrogens with one attached hydrogen (secondary N) is 1. The largest absolute Gasteiger partial charge is 0.384 e. The van der Waals surface area contributed by atoms with E-state index in [1.54, 1.807) is 0 Å². The molecule has 130 valence electrons. The van der Waals surface area contributed by atoms with Gasteiger partial charge in [-0.2, -0.15) is 0 Å². The Balaban J connectivity index is 3.50. The molecule has 0 aliphatic carbocycles. The minimum atomic E-state index is -0.119. The molecule has 1 rings (SSSR count). The summed E-state index contributed by atoms with van der Waals surface area (Å²) in [5, 5.41) is 3.36. The average molecular weight is 320 g/mol. The van der Waals surface area contributed by atoms with E-state index >= 15 is 0 Å². The Morgan fingerprint density at radius 2 is 1.74 bits per heavy atom. The van der Waals surface area contributed by atoms with E-state index in [0.717, 1.165) is 55.6 Å². The number of anilines is 1. The van der Waals surface area contributed by atoms with Gasteiger partial charge in [0.2, 0.25) is 0 Å². The average Bonchev–Trinajstić information content (AvgIpc) is 2.55. The van der Waals surface area contributed by atoms with Crippen molar-refractivity contribution in [2.45, 2.75) is 79.7 Å². The number of pyridine rings is 1. The molecule has 1 heterocycles. The van der Waals surface area contributed by atoms with Crippen LogP contribution in [-0.2, 0) is 13.0 Å². The number of aromatic nitrogens is 1. The second kappa shape index (κ2) is 9.53. The molecule has 4 heteroatoms. The van der Waals surface area contributed by atoms with Gasteiger partial charge in [-0.1, -0.05) is 40.5 Å². The number of hydrogen-bond acceptors (Lipinski definition) is 3. The summed E-state index contributed by atoms with van der Waals surface area (Å²) in [5.41, 5.74) is 3.10. The standard InChI is InChI=1S/C19H32N2O2/c1-6-10-12-20-18-14(5)15(8-3)21(13-11-7-2)19(23)17(18)16(22)9-4/h20H,6-13H2,1-5H3. The summed E-state index contributed by atoms with van der Waals surface area (Å²) in [6.45, 7) is 11.6. The summed E-state index contributed by atoms with van der Waals surface area (Å²) < 4.78 is 1.83. The molecule has 0 saturated heterocycles. The number of rotatable bonds is 10. The summed E-state index contributed by atoms with van der Waals surface area (Å²) in [5.74, 6) is -0.0648. The maximum atomic E-state index is 13.0. The Kier molecular flexibility index (Phi) is 8.07. The zero-order chi connectivity index (χ0) is 17.4. The molecule has 0 aromatic carbocycles. The van der Waals surface area contributed by atoms with Crippen LogP contribution in [0.4, 0.5) is 5.69 Å². The Labute approximate surface area is 140 Å².